The van der Waals surface area contributed by atoms with Gasteiger partial charge in [0.25, 0.3) is 0 Å². The molecule has 1 saturated heterocycles. The lowest BCUT2D eigenvalue weighted by molar-refractivity contribution is -0.145. The van der Waals surface area contributed by atoms with Crippen molar-refractivity contribution in [1.82, 2.24) is 10.2 Å². The van der Waals surface area contributed by atoms with Gasteiger partial charge in [-0.25, -0.2) is 9.59 Å². The van der Waals surface area contributed by atoms with Crippen molar-refractivity contribution in [2.45, 2.75) is 50.5 Å². The summed E-state index contributed by atoms with van der Waals surface area (Å²) in [5.41, 5.74) is 1.04. The van der Waals surface area contributed by atoms with E-state index in [9.17, 15) is 14.4 Å². The van der Waals surface area contributed by atoms with E-state index in [0.29, 0.717) is 5.75 Å². The minimum atomic E-state index is -1.55. The van der Waals surface area contributed by atoms with Gasteiger partial charge in [0, 0.05) is 12.0 Å². The van der Waals surface area contributed by atoms with Crippen LogP contribution >= 0.6 is 0 Å². The van der Waals surface area contributed by atoms with E-state index in [2.05, 4.69) is 24.2 Å². The summed E-state index contributed by atoms with van der Waals surface area (Å²) < 4.78 is 5.24. The van der Waals surface area contributed by atoms with Crippen LogP contribution in [0, 0.1) is 0 Å². The molecule has 154 valence electrons. The number of nitrogens with zero attached hydrogens (tertiary/aromatic N) is 1. The Morgan fingerprint density at radius 2 is 2.04 bits per heavy atom. The summed E-state index contributed by atoms with van der Waals surface area (Å²) in [6.07, 6.45) is 2.55. The van der Waals surface area contributed by atoms with Crippen LogP contribution in [-0.4, -0.2) is 59.3 Å². The molecule has 0 aromatic heterocycles. The van der Waals surface area contributed by atoms with Crippen LogP contribution in [-0.2, 0) is 15.0 Å². The zero-order valence-electron chi connectivity index (χ0n) is 16.3. The van der Waals surface area contributed by atoms with Crippen molar-refractivity contribution >= 4 is 18.0 Å². The van der Waals surface area contributed by atoms with Crippen molar-refractivity contribution in [2.24, 2.45) is 0 Å². The summed E-state index contributed by atoms with van der Waals surface area (Å²) in [4.78, 5) is 36.2. The molecule has 1 aliphatic heterocycles. The number of aliphatic carboxylic acids is 2. The maximum atomic E-state index is 12.1. The van der Waals surface area contributed by atoms with Crippen molar-refractivity contribution in [2.75, 3.05) is 20.1 Å². The Labute approximate surface area is 164 Å². The third-order valence-corrected chi connectivity index (χ3v) is 5.32. The van der Waals surface area contributed by atoms with Crippen molar-refractivity contribution in [3.8, 4) is 5.75 Å². The average Bonchev–Trinajstić information content (AvgIpc) is 2.83. The van der Waals surface area contributed by atoms with E-state index in [1.54, 1.807) is 6.07 Å². The molecule has 0 spiro atoms. The molecule has 1 amide bonds. The molecular formula is C20H28N2O6. The normalized spacial score (nSPS) is 21.4. The van der Waals surface area contributed by atoms with Gasteiger partial charge in [0.2, 0.25) is 0 Å². The van der Waals surface area contributed by atoms with Crippen LogP contribution in [0.25, 0.3) is 0 Å². The minimum Gasteiger partial charge on any atom is -0.481 e. The number of ether oxygens (including phenoxy) is 1. The van der Waals surface area contributed by atoms with Crippen molar-refractivity contribution in [3.63, 3.8) is 0 Å². The molecule has 1 fully saturated rings. The minimum absolute atomic E-state index is 0.0337. The summed E-state index contributed by atoms with van der Waals surface area (Å²) in [6.45, 7) is 4.13. The highest BCUT2D eigenvalue weighted by Gasteiger charge is 2.33. The highest BCUT2D eigenvalue weighted by molar-refractivity contribution is 5.85. The van der Waals surface area contributed by atoms with Crippen LogP contribution in [0.2, 0.25) is 0 Å². The van der Waals surface area contributed by atoms with Crippen LogP contribution in [0.4, 0.5) is 4.79 Å². The first-order chi connectivity index (χ1) is 13.3. The average molecular weight is 392 g/mol. The number of likely N-dealkylation sites (N-methyl/N-ethyl adjacent to an activating group) is 1. The predicted octanol–water partition coefficient (Wildman–Crippen LogP) is 2.47. The molecule has 2 atom stereocenters. The van der Waals surface area contributed by atoms with Crippen molar-refractivity contribution in [3.05, 3.63) is 29.8 Å². The lowest BCUT2D eigenvalue weighted by Crippen LogP contribution is -2.43. The summed E-state index contributed by atoms with van der Waals surface area (Å²) in [5, 5.41) is 19.9. The van der Waals surface area contributed by atoms with Crippen molar-refractivity contribution < 1.29 is 29.3 Å². The Hall–Kier alpha value is -2.61. The maximum Gasteiger partial charge on any atom is 0.413 e. The third kappa shape index (κ3) is 5.69. The SMILES string of the molecule is CCC1(c2cccc(OC(=O)N[C@@H](CC(=O)O)C(=O)O)c2)CCCCN(C)C1. The van der Waals surface area contributed by atoms with Crippen LogP contribution in [0.15, 0.2) is 24.3 Å². The summed E-state index contributed by atoms with van der Waals surface area (Å²) in [7, 11) is 2.11. The number of amides is 1. The number of benzene rings is 1. The van der Waals surface area contributed by atoms with Gasteiger partial charge in [0.05, 0.1) is 6.42 Å². The topological polar surface area (TPSA) is 116 Å². The van der Waals surface area contributed by atoms with Gasteiger partial charge in [0.1, 0.15) is 11.8 Å². The first kappa shape index (κ1) is 21.7. The van der Waals surface area contributed by atoms with Gasteiger partial charge in [-0.05, 0) is 50.6 Å². The van der Waals surface area contributed by atoms with Crippen LogP contribution < -0.4 is 10.1 Å². The number of hydrogen-bond donors (Lipinski definition) is 3. The molecule has 1 unspecified atom stereocenters. The number of carbonyl (C=O) groups excluding carboxylic acids is 1. The summed E-state index contributed by atoms with van der Waals surface area (Å²) in [6, 6.07) is 5.73. The van der Waals surface area contributed by atoms with Crippen LogP contribution in [0.1, 0.15) is 44.6 Å². The van der Waals surface area contributed by atoms with Gasteiger partial charge in [0.15, 0.2) is 0 Å². The fraction of sp³-hybridized carbons (Fsp3) is 0.550. The molecule has 0 aliphatic carbocycles. The Balaban J connectivity index is 2.14. The summed E-state index contributed by atoms with van der Waals surface area (Å²) in [5.74, 6) is -2.45. The first-order valence-electron chi connectivity index (χ1n) is 9.48. The molecule has 8 heteroatoms. The Morgan fingerprint density at radius 3 is 2.68 bits per heavy atom. The van der Waals surface area contributed by atoms with Crippen LogP contribution in [0.3, 0.4) is 0 Å². The lowest BCUT2D eigenvalue weighted by Gasteiger charge is -2.35. The monoisotopic (exact) mass is 392 g/mol. The van der Waals surface area contributed by atoms with E-state index >= 15 is 0 Å². The first-order valence-corrected chi connectivity index (χ1v) is 9.48. The van der Waals surface area contributed by atoms with Gasteiger partial charge in [-0.15, -0.1) is 0 Å². The molecule has 1 aromatic carbocycles. The quantitative estimate of drug-likeness (QED) is 0.653. The lowest BCUT2D eigenvalue weighted by atomic mass is 9.74. The molecule has 0 saturated carbocycles. The zero-order valence-corrected chi connectivity index (χ0v) is 16.3. The molecule has 2 rings (SSSR count). The molecule has 1 heterocycles. The van der Waals surface area contributed by atoms with Gasteiger partial charge in [-0.2, -0.15) is 0 Å². The van der Waals surface area contributed by atoms with E-state index in [-0.39, 0.29) is 5.41 Å². The fourth-order valence-electron chi connectivity index (χ4n) is 3.79. The molecule has 28 heavy (non-hydrogen) atoms. The molecule has 0 radical (unpaired) electrons. The highest BCUT2D eigenvalue weighted by atomic mass is 16.6. The Morgan fingerprint density at radius 1 is 1.29 bits per heavy atom. The smallest absolute Gasteiger partial charge is 0.413 e. The van der Waals surface area contributed by atoms with E-state index in [0.717, 1.165) is 44.3 Å². The second kappa shape index (κ2) is 9.54. The standard InChI is InChI=1S/C20H28N2O6/c1-3-20(9-4-5-10-22(2)13-20)14-7-6-8-15(11-14)28-19(27)21-16(18(25)26)12-17(23)24/h6-8,11,16H,3-5,9-10,12-13H2,1-2H3,(H,21,27)(H,23,24)(H,25,26)/t16-,20?/m0/s1. The number of nitrogens with one attached hydrogen (secondary N) is 1. The molecule has 0 bridgehead atoms. The van der Waals surface area contributed by atoms with Gasteiger partial charge in [-0.1, -0.05) is 25.5 Å². The number of carbonyl (C=O) groups is 3. The number of hydrogen-bond acceptors (Lipinski definition) is 5. The zero-order chi connectivity index (χ0) is 20.7. The van der Waals surface area contributed by atoms with E-state index in [4.69, 9.17) is 14.9 Å². The second-order valence-electron chi connectivity index (χ2n) is 7.38. The van der Waals surface area contributed by atoms with E-state index < -0.39 is 30.5 Å². The third-order valence-electron chi connectivity index (χ3n) is 5.32. The number of likely N-dealkylation sites (tertiary alicyclic amines) is 1. The predicted molar refractivity (Wildman–Crippen MR) is 103 cm³/mol. The molecule has 8 nitrogen and oxygen atoms in total. The fourth-order valence-corrected chi connectivity index (χ4v) is 3.79. The Bertz CT molecular complexity index is 722. The molecule has 3 N–H and O–H groups in total. The number of carboxylic acid groups (broad SMARTS) is 2. The Kier molecular flexibility index (Phi) is 7.39. The maximum absolute atomic E-state index is 12.1. The van der Waals surface area contributed by atoms with E-state index in [1.807, 2.05) is 18.2 Å². The van der Waals surface area contributed by atoms with Gasteiger partial charge < -0.3 is 25.2 Å². The largest absolute Gasteiger partial charge is 0.481 e. The van der Waals surface area contributed by atoms with Crippen molar-refractivity contribution in [1.29, 1.82) is 0 Å². The molecule has 1 aromatic rings. The molecule has 1 aliphatic rings. The number of rotatable bonds is 7. The number of carboxylic acids is 2. The van der Waals surface area contributed by atoms with Crippen LogP contribution in [0.5, 0.6) is 5.75 Å². The highest BCUT2D eigenvalue weighted by Crippen LogP contribution is 2.37. The van der Waals surface area contributed by atoms with Gasteiger partial charge in [-0.3, -0.25) is 4.79 Å². The van der Waals surface area contributed by atoms with E-state index in [1.165, 1.54) is 0 Å². The molecular weight excluding hydrogens is 364 g/mol. The summed E-state index contributed by atoms with van der Waals surface area (Å²) >= 11 is 0. The second-order valence-corrected chi connectivity index (χ2v) is 7.38. The van der Waals surface area contributed by atoms with Gasteiger partial charge >= 0.3 is 18.0 Å².